The maximum Gasteiger partial charge on any atom is 0.0464 e. The van der Waals surface area contributed by atoms with Crippen LogP contribution in [-0.2, 0) is 0 Å². The molecule has 1 heterocycles. The number of para-hydroxylation sites is 1. The van der Waals surface area contributed by atoms with Crippen LogP contribution in [0.4, 0.5) is 5.69 Å². The molecule has 0 saturated heterocycles. The molecule has 2 aromatic carbocycles. The highest BCUT2D eigenvalue weighted by molar-refractivity contribution is 5.96. The van der Waals surface area contributed by atoms with Crippen LogP contribution < -0.4 is 5.32 Å². The molecule has 134 valence electrons. The molecule has 0 saturated carbocycles. The third-order valence-corrected chi connectivity index (χ3v) is 4.71. The van der Waals surface area contributed by atoms with E-state index in [9.17, 15) is 0 Å². The van der Waals surface area contributed by atoms with Crippen LogP contribution in [0.15, 0.2) is 115 Å². The molecule has 0 bridgehead atoms. The van der Waals surface area contributed by atoms with Crippen molar-refractivity contribution in [1.29, 1.82) is 0 Å². The smallest absolute Gasteiger partial charge is 0.0464 e. The van der Waals surface area contributed by atoms with Gasteiger partial charge in [0.1, 0.15) is 0 Å². The number of nitrogens with one attached hydrogen (secondary N) is 1. The lowest BCUT2D eigenvalue weighted by Gasteiger charge is -2.27. The second kappa shape index (κ2) is 7.92. The van der Waals surface area contributed by atoms with E-state index in [1.54, 1.807) is 0 Å². The molecule has 1 N–H and O–H groups in total. The zero-order valence-electron chi connectivity index (χ0n) is 16.0. The van der Waals surface area contributed by atoms with E-state index in [1.165, 1.54) is 11.1 Å². The molecule has 3 rings (SSSR count). The molecule has 0 unspecified atom stereocenters. The molecule has 1 heteroatoms. The van der Waals surface area contributed by atoms with Gasteiger partial charge in [-0.05, 0) is 36.6 Å². The normalized spacial score (nSPS) is 14.1. The van der Waals surface area contributed by atoms with Gasteiger partial charge in [-0.3, -0.25) is 0 Å². The molecule has 0 aliphatic carbocycles. The standard InChI is InChI=1S/C26H25N/c1-6-21(7-2)16-15-19(4)25-20(5)27-24-14-9-8-13-23(24)26(25)22-12-10-11-18(3)17-22/h6-17,27H,1,4-5H2,2-3H3/b16-15+,21-7+. The molecule has 0 amide bonds. The third-order valence-electron chi connectivity index (χ3n) is 4.71. The third kappa shape index (κ3) is 3.78. The summed E-state index contributed by atoms with van der Waals surface area (Å²) in [6, 6.07) is 16.9. The first kappa shape index (κ1) is 18.5. The highest BCUT2D eigenvalue weighted by Crippen LogP contribution is 2.41. The summed E-state index contributed by atoms with van der Waals surface area (Å²) in [7, 11) is 0. The number of anilines is 1. The molecule has 1 aliphatic heterocycles. The van der Waals surface area contributed by atoms with Crippen molar-refractivity contribution >= 4 is 11.3 Å². The maximum absolute atomic E-state index is 4.33. The Morgan fingerprint density at radius 1 is 1.04 bits per heavy atom. The summed E-state index contributed by atoms with van der Waals surface area (Å²) in [5, 5.41) is 3.44. The monoisotopic (exact) mass is 351 g/mol. The Hall–Kier alpha value is -3.32. The van der Waals surface area contributed by atoms with Crippen molar-refractivity contribution in [2.24, 2.45) is 0 Å². The van der Waals surface area contributed by atoms with Crippen LogP contribution in [-0.4, -0.2) is 0 Å². The first-order chi connectivity index (χ1) is 13.0. The van der Waals surface area contributed by atoms with Gasteiger partial charge in [0.2, 0.25) is 0 Å². The van der Waals surface area contributed by atoms with Gasteiger partial charge in [-0.2, -0.15) is 0 Å². The predicted octanol–water partition coefficient (Wildman–Crippen LogP) is 6.98. The number of rotatable bonds is 5. The van der Waals surface area contributed by atoms with Gasteiger partial charge in [0.15, 0.2) is 0 Å². The molecular weight excluding hydrogens is 326 g/mol. The minimum Gasteiger partial charge on any atom is -0.355 e. The SMILES string of the molecule is C=CC(/C=C/C(=C)C1=C(c2cccc(C)c2)c2ccccc2NC1=C)=C\C. The van der Waals surface area contributed by atoms with Crippen molar-refractivity contribution < 1.29 is 0 Å². The van der Waals surface area contributed by atoms with Crippen LogP contribution >= 0.6 is 0 Å². The van der Waals surface area contributed by atoms with Crippen molar-refractivity contribution in [3.63, 3.8) is 0 Å². The summed E-state index contributed by atoms with van der Waals surface area (Å²) >= 11 is 0. The number of benzene rings is 2. The van der Waals surface area contributed by atoms with Crippen LogP contribution in [0.5, 0.6) is 0 Å². The summed E-state index contributed by atoms with van der Waals surface area (Å²) in [5.74, 6) is 0. The molecule has 0 spiro atoms. The number of hydrogen-bond donors (Lipinski definition) is 1. The second-order valence-corrected chi connectivity index (χ2v) is 6.62. The minimum atomic E-state index is 0.862. The average Bonchev–Trinajstić information content (AvgIpc) is 2.67. The fourth-order valence-electron chi connectivity index (χ4n) is 3.34. The Morgan fingerprint density at radius 2 is 1.81 bits per heavy atom. The van der Waals surface area contributed by atoms with Crippen molar-refractivity contribution in [2.45, 2.75) is 13.8 Å². The molecule has 1 aliphatic rings. The number of aryl methyl sites for hydroxylation is 1. The summed E-state index contributed by atoms with van der Waals surface area (Å²) in [6.45, 7) is 16.6. The van der Waals surface area contributed by atoms with Gasteiger partial charge in [-0.15, -0.1) is 0 Å². The van der Waals surface area contributed by atoms with Crippen LogP contribution in [0.25, 0.3) is 5.57 Å². The Labute approximate surface area is 162 Å². The summed E-state index contributed by atoms with van der Waals surface area (Å²) < 4.78 is 0. The number of hydrogen-bond acceptors (Lipinski definition) is 1. The minimum absolute atomic E-state index is 0.862. The maximum atomic E-state index is 4.33. The first-order valence-corrected chi connectivity index (χ1v) is 9.08. The van der Waals surface area contributed by atoms with Gasteiger partial charge in [-0.25, -0.2) is 0 Å². The molecule has 1 nitrogen and oxygen atoms in total. The lowest BCUT2D eigenvalue weighted by Crippen LogP contribution is -2.13. The molecule has 27 heavy (non-hydrogen) atoms. The van der Waals surface area contributed by atoms with E-state index in [0.29, 0.717) is 0 Å². The average molecular weight is 351 g/mol. The quantitative estimate of drug-likeness (QED) is 0.573. The lowest BCUT2D eigenvalue weighted by molar-refractivity contribution is 1.32. The first-order valence-electron chi connectivity index (χ1n) is 9.08. The fourth-order valence-corrected chi connectivity index (χ4v) is 3.34. The highest BCUT2D eigenvalue weighted by Gasteiger charge is 2.23. The number of allylic oxidation sites excluding steroid dienone is 6. The summed E-state index contributed by atoms with van der Waals surface area (Å²) in [6.07, 6.45) is 7.92. The lowest BCUT2D eigenvalue weighted by atomic mass is 9.84. The largest absolute Gasteiger partial charge is 0.355 e. The molecule has 0 fully saturated rings. The van der Waals surface area contributed by atoms with Crippen LogP contribution in [0.2, 0.25) is 0 Å². The Bertz CT molecular complexity index is 1010. The van der Waals surface area contributed by atoms with E-state index in [-0.39, 0.29) is 0 Å². The molecule has 2 aromatic rings. The van der Waals surface area contributed by atoms with E-state index < -0.39 is 0 Å². The van der Waals surface area contributed by atoms with Crippen molar-refractivity contribution in [3.05, 3.63) is 132 Å². The van der Waals surface area contributed by atoms with Gasteiger partial charge < -0.3 is 5.32 Å². The van der Waals surface area contributed by atoms with Crippen LogP contribution in [0.3, 0.4) is 0 Å². The van der Waals surface area contributed by atoms with E-state index in [1.807, 2.05) is 37.3 Å². The van der Waals surface area contributed by atoms with Gasteiger partial charge in [-0.1, -0.05) is 92.1 Å². The van der Waals surface area contributed by atoms with Crippen molar-refractivity contribution in [1.82, 2.24) is 0 Å². The zero-order valence-corrected chi connectivity index (χ0v) is 16.0. The number of fused-ring (bicyclic) bond motifs is 1. The molecule has 0 atom stereocenters. The zero-order chi connectivity index (χ0) is 19.4. The van der Waals surface area contributed by atoms with Crippen LogP contribution in [0, 0.1) is 6.92 Å². The van der Waals surface area contributed by atoms with Gasteiger partial charge >= 0.3 is 0 Å². The van der Waals surface area contributed by atoms with Gasteiger partial charge in [0, 0.05) is 28.1 Å². The van der Waals surface area contributed by atoms with E-state index in [4.69, 9.17) is 0 Å². The van der Waals surface area contributed by atoms with Gasteiger partial charge in [0.25, 0.3) is 0 Å². The Morgan fingerprint density at radius 3 is 2.52 bits per heavy atom. The van der Waals surface area contributed by atoms with E-state index in [2.05, 4.69) is 74.4 Å². The summed E-state index contributed by atoms with van der Waals surface area (Å²) in [4.78, 5) is 0. The van der Waals surface area contributed by atoms with E-state index in [0.717, 1.165) is 39.2 Å². The topological polar surface area (TPSA) is 12.0 Å². The van der Waals surface area contributed by atoms with Gasteiger partial charge in [0.05, 0.1) is 0 Å². The van der Waals surface area contributed by atoms with Crippen molar-refractivity contribution in [2.75, 3.05) is 5.32 Å². The Kier molecular flexibility index (Phi) is 5.42. The Balaban J connectivity index is 2.22. The molecular formula is C26H25N. The summed E-state index contributed by atoms with van der Waals surface area (Å²) in [5.41, 5.74) is 9.66. The van der Waals surface area contributed by atoms with Crippen molar-refractivity contribution in [3.8, 4) is 0 Å². The molecule has 0 radical (unpaired) electrons. The molecule has 0 aromatic heterocycles. The van der Waals surface area contributed by atoms with E-state index >= 15 is 0 Å². The predicted molar refractivity (Wildman–Crippen MR) is 119 cm³/mol. The fraction of sp³-hybridized carbons (Fsp3) is 0.0769. The second-order valence-electron chi connectivity index (χ2n) is 6.62. The highest BCUT2D eigenvalue weighted by atomic mass is 14.9. The van der Waals surface area contributed by atoms with Crippen LogP contribution in [0.1, 0.15) is 23.6 Å².